The molecule has 60 valence electrons. The van der Waals surface area contributed by atoms with Crippen LogP contribution in [0.3, 0.4) is 0 Å². The van der Waals surface area contributed by atoms with E-state index < -0.39 is 5.54 Å². The van der Waals surface area contributed by atoms with Gasteiger partial charge < -0.3 is 4.74 Å². The molecule has 0 unspecified atom stereocenters. The molecule has 3 heteroatoms. The summed E-state index contributed by atoms with van der Waals surface area (Å²) in [6.07, 6.45) is 6.71. The van der Waals surface area contributed by atoms with Crippen LogP contribution in [0.1, 0.15) is 12.8 Å². The highest BCUT2D eigenvalue weighted by Gasteiger charge is 2.50. The zero-order valence-corrected chi connectivity index (χ0v) is 6.52. The van der Waals surface area contributed by atoms with Gasteiger partial charge in [0.25, 0.3) is 0 Å². The Bertz CT molecular complexity index is 201. The van der Waals surface area contributed by atoms with E-state index in [2.05, 4.69) is 16.0 Å². The van der Waals surface area contributed by atoms with Gasteiger partial charge in [0, 0.05) is 0 Å². The van der Waals surface area contributed by atoms with Crippen molar-refractivity contribution in [2.75, 3.05) is 13.7 Å². The number of carbonyl (C=O) groups is 1. The Kier molecular flexibility index (Phi) is 2.16. The minimum atomic E-state index is -0.443. The molecule has 1 N–H and O–H groups in total. The monoisotopic (exact) mass is 153 g/mol. The molecule has 0 heterocycles. The minimum Gasteiger partial charge on any atom is -0.468 e. The topological polar surface area (TPSA) is 38.3 Å². The molecule has 1 rings (SSSR count). The summed E-state index contributed by atoms with van der Waals surface area (Å²) in [6.45, 7) is 0.426. The van der Waals surface area contributed by atoms with Crippen molar-refractivity contribution in [2.24, 2.45) is 0 Å². The van der Waals surface area contributed by atoms with Gasteiger partial charge >= 0.3 is 5.97 Å². The third-order valence-electron chi connectivity index (χ3n) is 1.85. The molecule has 1 saturated carbocycles. The maximum atomic E-state index is 11.0. The number of rotatable bonds is 3. The molecule has 11 heavy (non-hydrogen) atoms. The number of hydrogen-bond donors (Lipinski definition) is 1. The Labute approximate surface area is 66.1 Å². The molecule has 1 fully saturated rings. The van der Waals surface area contributed by atoms with E-state index in [1.807, 2.05) is 0 Å². The number of hydrogen-bond acceptors (Lipinski definition) is 3. The van der Waals surface area contributed by atoms with Crippen molar-refractivity contribution in [2.45, 2.75) is 18.4 Å². The van der Waals surface area contributed by atoms with E-state index >= 15 is 0 Å². The van der Waals surface area contributed by atoms with Crippen LogP contribution in [0.5, 0.6) is 0 Å². The highest BCUT2D eigenvalue weighted by Crippen LogP contribution is 2.36. The largest absolute Gasteiger partial charge is 0.468 e. The molecule has 0 atom stereocenters. The molecule has 0 aliphatic heterocycles. The SMILES string of the molecule is C#CCNC1(C(=O)OC)CC1. The third kappa shape index (κ3) is 1.52. The van der Waals surface area contributed by atoms with Gasteiger partial charge in [0.15, 0.2) is 0 Å². The van der Waals surface area contributed by atoms with Gasteiger partial charge in [0.05, 0.1) is 13.7 Å². The summed E-state index contributed by atoms with van der Waals surface area (Å²) in [7, 11) is 1.39. The van der Waals surface area contributed by atoms with Gasteiger partial charge in [-0.1, -0.05) is 5.92 Å². The number of carbonyl (C=O) groups excluding carboxylic acids is 1. The molecule has 3 nitrogen and oxygen atoms in total. The molecule has 0 aromatic carbocycles. The fourth-order valence-corrected chi connectivity index (χ4v) is 0.994. The first kappa shape index (κ1) is 8.09. The van der Waals surface area contributed by atoms with Gasteiger partial charge in [-0.25, -0.2) is 0 Å². The Hall–Kier alpha value is -1.01. The molecule has 0 aromatic heterocycles. The second-order valence-electron chi connectivity index (χ2n) is 2.63. The van der Waals surface area contributed by atoms with Crippen LogP contribution in [0.15, 0.2) is 0 Å². The predicted molar refractivity (Wildman–Crippen MR) is 40.8 cm³/mol. The van der Waals surface area contributed by atoms with Crippen LogP contribution >= 0.6 is 0 Å². The molecule has 0 spiro atoms. The predicted octanol–water partition coefficient (Wildman–Crippen LogP) is -0.0852. The maximum Gasteiger partial charge on any atom is 0.326 e. The number of methoxy groups -OCH3 is 1. The molecule has 0 amide bonds. The van der Waals surface area contributed by atoms with Crippen LogP contribution in [-0.4, -0.2) is 25.2 Å². The molecule has 0 saturated heterocycles. The van der Waals surface area contributed by atoms with Crippen molar-refractivity contribution >= 4 is 5.97 Å². The van der Waals surface area contributed by atoms with Gasteiger partial charge in [-0.2, -0.15) is 0 Å². The summed E-state index contributed by atoms with van der Waals surface area (Å²) in [6, 6.07) is 0. The van der Waals surface area contributed by atoms with Crippen molar-refractivity contribution in [1.29, 1.82) is 0 Å². The summed E-state index contributed by atoms with van der Waals surface area (Å²) in [5.41, 5.74) is -0.443. The molecule has 0 aromatic rings. The fraction of sp³-hybridized carbons (Fsp3) is 0.625. The van der Waals surface area contributed by atoms with E-state index in [0.29, 0.717) is 6.54 Å². The first-order chi connectivity index (χ1) is 5.25. The van der Waals surface area contributed by atoms with Crippen LogP contribution < -0.4 is 5.32 Å². The van der Waals surface area contributed by atoms with Crippen molar-refractivity contribution in [3.8, 4) is 12.3 Å². The van der Waals surface area contributed by atoms with Gasteiger partial charge in [-0.15, -0.1) is 6.42 Å². The maximum absolute atomic E-state index is 11.0. The van der Waals surface area contributed by atoms with Crippen molar-refractivity contribution in [1.82, 2.24) is 5.32 Å². The van der Waals surface area contributed by atoms with Crippen LogP contribution in [-0.2, 0) is 9.53 Å². The van der Waals surface area contributed by atoms with Crippen LogP contribution in [0, 0.1) is 12.3 Å². The third-order valence-corrected chi connectivity index (χ3v) is 1.85. The quantitative estimate of drug-likeness (QED) is 0.455. The lowest BCUT2D eigenvalue weighted by molar-refractivity contribution is -0.144. The van der Waals surface area contributed by atoms with E-state index in [9.17, 15) is 4.79 Å². The van der Waals surface area contributed by atoms with E-state index in [-0.39, 0.29) is 5.97 Å². The lowest BCUT2D eigenvalue weighted by Gasteiger charge is -2.11. The smallest absolute Gasteiger partial charge is 0.326 e. The Morgan fingerprint density at radius 1 is 1.82 bits per heavy atom. The van der Waals surface area contributed by atoms with E-state index in [1.165, 1.54) is 7.11 Å². The Balaban J connectivity index is 2.42. The van der Waals surface area contributed by atoms with Crippen molar-refractivity contribution in [3.05, 3.63) is 0 Å². The summed E-state index contributed by atoms with van der Waals surface area (Å²) >= 11 is 0. The first-order valence-corrected chi connectivity index (χ1v) is 3.52. The van der Waals surface area contributed by atoms with E-state index in [0.717, 1.165) is 12.8 Å². The zero-order valence-electron chi connectivity index (χ0n) is 6.52. The van der Waals surface area contributed by atoms with Gasteiger partial charge in [-0.05, 0) is 12.8 Å². The lowest BCUT2D eigenvalue weighted by Crippen LogP contribution is -2.40. The van der Waals surface area contributed by atoms with E-state index in [1.54, 1.807) is 0 Å². The normalized spacial score (nSPS) is 18.5. The second-order valence-corrected chi connectivity index (χ2v) is 2.63. The van der Waals surface area contributed by atoms with Gasteiger partial charge in [0.2, 0.25) is 0 Å². The number of ether oxygens (including phenoxy) is 1. The summed E-state index contributed by atoms with van der Waals surface area (Å²) < 4.78 is 4.60. The fourth-order valence-electron chi connectivity index (χ4n) is 0.994. The lowest BCUT2D eigenvalue weighted by atomic mass is 10.3. The molecule has 0 radical (unpaired) electrons. The van der Waals surface area contributed by atoms with Crippen LogP contribution in [0.2, 0.25) is 0 Å². The van der Waals surface area contributed by atoms with Crippen molar-refractivity contribution < 1.29 is 9.53 Å². The number of terminal acetylenes is 1. The number of nitrogens with one attached hydrogen (secondary N) is 1. The molecule has 1 aliphatic rings. The van der Waals surface area contributed by atoms with Crippen LogP contribution in [0.4, 0.5) is 0 Å². The average Bonchev–Trinajstić information content (AvgIpc) is 2.80. The average molecular weight is 153 g/mol. The molecular formula is C8H11NO2. The number of esters is 1. The summed E-state index contributed by atoms with van der Waals surface area (Å²) in [4.78, 5) is 11.0. The standard InChI is InChI=1S/C8H11NO2/c1-3-6-9-8(4-5-8)7(10)11-2/h1,9H,4-6H2,2H3. The van der Waals surface area contributed by atoms with Gasteiger partial charge in [-0.3, -0.25) is 10.1 Å². The Morgan fingerprint density at radius 2 is 2.45 bits per heavy atom. The molecular weight excluding hydrogens is 142 g/mol. The first-order valence-electron chi connectivity index (χ1n) is 3.52. The molecule has 0 bridgehead atoms. The van der Waals surface area contributed by atoms with Crippen molar-refractivity contribution in [3.63, 3.8) is 0 Å². The summed E-state index contributed by atoms with van der Waals surface area (Å²) in [5.74, 6) is 2.22. The minimum absolute atomic E-state index is 0.201. The summed E-state index contributed by atoms with van der Waals surface area (Å²) in [5, 5.41) is 2.96. The Morgan fingerprint density at radius 3 is 2.82 bits per heavy atom. The zero-order chi connectivity index (χ0) is 8.32. The second kappa shape index (κ2) is 2.93. The molecule has 1 aliphatic carbocycles. The highest BCUT2D eigenvalue weighted by atomic mass is 16.5. The van der Waals surface area contributed by atoms with E-state index in [4.69, 9.17) is 6.42 Å². The highest BCUT2D eigenvalue weighted by molar-refractivity contribution is 5.84. The van der Waals surface area contributed by atoms with Gasteiger partial charge in [0.1, 0.15) is 5.54 Å². The van der Waals surface area contributed by atoms with Crippen LogP contribution in [0.25, 0.3) is 0 Å².